The van der Waals surface area contributed by atoms with E-state index >= 15 is 0 Å². The first-order valence-electron chi connectivity index (χ1n) is 7.39. The van der Waals surface area contributed by atoms with Crippen LogP contribution in [0.15, 0.2) is 18.5 Å². The molecule has 0 unspecified atom stereocenters. The van der Waals surface area contributed by atoms with Crippen LogP contribution in [0.3, 0.4) is 0 Å². The molecule has 1 heterocycles. The SMILES string of the molecule is CC(C)(C)NCc1ccncc1OC1CCCCC1. The molecule has 1 aromatic heterocycles. The zero-order chi connectivity index (χ0) is 13.7. The van der Waals surface area contributed by atoms with E-state index in [0.29, 0.717) is 6.10 Å². The van der Waals surface area contributed by atoms with E-state index in [1.165, 1.54) is 37.7 Å². The first-order chi connectivity index (χ1) is 9.04. The van der Waals surface area contributed by atoms with Gasteiger partial charge in [-0.05, 0) is 52.5 Å². The van der Waals surface area contributed by atoms with Gasteiger partial charge in [-0.3, -0.25) is 4.98 Å². The number of hydrogen-bond acceptors (Lipinski definition) is 3. The molecule has 2 rings (SSSR count). The average Bonchev–Trinajstić information content (AvgIpc) is 2.38. The molecule has 3 nitrogen and oxygen atoms in total. The summed E-state index contributed by atoms with van der Waals surface area (Å²) >= 11 is 0. The van der Waals surface area contributed by atoms with Gasteiger partial charge in [0.1, 0.15) is 5.75 Å². The Labute approximate surface area is 116 Å². The minimum absolute atomic E-state index is 0.116. The van der Waals surface area contributed by atoms with Crippen molar-refractivity contribution in [1.29, 1.82) is 0 Å². The highest BCUT2D eigenvalue weighted by atomic mass is 16.5. The highest BCUT2D eigenvalue weighted by molar-refractivity contribution is 5.30. The predicted octanol–water partition coefficient (Wildman–Crippen LogP) is 3.68. The fourth-order valence-electron chi connectivity index (χ4n) is 2.38. The molecule has 1 aromatic rings. The maximum absolute atomic E-state index is 6.15. The zero-order valence-electron chi connectivity index (χ0n) is 12.4. The fourth-order valence-corrected chi connectivity index (χ4v) is 2.38. The minimum atomic E-state index is 0.116. The zero-order valence-corrected chi connectivity index (χ0v) is 12.4. The molecule has 0 radical (unpaired) electrons. The molecule has 1 saturated carbocycles. The molecule has 1 aliphatic carbocycles. The molecule has 0 atom stereocenters. The van der Waals surface area contributed by atoms with E-state index in [0.717, 1.165) is 12.3 Å². The molecular formula is C16H26N2O. The van der Waals surface area contributed by atoms with Crippen LogP contribution in [-0.4, -0.2) is 16.6 Å². The smallest absolute Gasteiger partial charge is 0.142 e. The van der Waals surface area contributed by atoms with E-state index in [-0.39, 0.29) is 5.54 Å². The lowest BCUT2D eigenvalue weighted by Gasteiger charge is -2.25. The lowest BCUT2D eigenvalue weighted by Crippen LogP contribution is -2.35. The van der Waals surface area contributed by atoms with Crippen LogP contribution in [0.4, 0.5) is 0 Å². The lowest BCUT2D eigenvalue weighted by molar-refractivity contribution is 0.152. The van der Waals surface area contributed by atoms with Crippen LogP contribution in [0.5, 0.6) is 5.75 Å². The molecule has 1 aliphatic rings. The Bertz CT molecular complexity index is 392. The Balaban J connectivity index is 1.99. The average molecular weight is 262 g/mol. The van der Waals surface area contributed by atoms with Crippen molar-refractivity contribution in [2.24, 2.45) is 0 Å². The largest absolute Gasteiger partial charge is 0.488 e. The molecule has 106 valence electrons. The van der Waals surface area contributed by atoms with Crippen LogP contribution in [0.2, 0.25) is 0 Å². The molecule has 0 spiro atoms. The number of nitrogens with one attached hydrogen (secondary N) is 1. The molecule has 3 heteroatoms. The minimum Gasteiger partial charge on any atom is -0.488 e. The Morgan fingerprint density at radius 1 is 1.26 bits per heavy atom. The van der Waals surface area contributed by atoms with Crippen molar-refractivity contribution in [2.75, 3.05) is 0 Å². The van der Waals surface area contributed by atoms with Gasteiger partial charge in [0.05, 0.1) is 12.3 Å². The second-order valence-corrected chi connectivity index (χ2v) is 6.46. The third-order valence-electron chi connectivity index (χ3n) is 3.53. The topological polar surface area (TPSA) is 34.2 Å². The van der Waals surface area contributed by atoms with Crippen LogP contribution in [-0.2, 0) is 6.54 Å². The molecule has 0 aromatic carbocycles. The maximum atomic E-state index is 6.15. The van der Waals surface area contributed by atoms with Crippen LogP contribution in [0.25, 0.3) is 0 Å². The first-order valence-corrected chi connectivity index (χ1v) is 7.39. The fraction of sp³-hybridized carbons (Fsp3) is 0.688. The van der Waals surface area contributed by atoms with Gasteiger partial charge < -0.3 is 10.1 Å². The third-order valence-corrected chi connectivity index (χ3v) is 3.53. The van der Waals surface area contributed by atoms with Crippen molar-refractivity contribution < 1.29 is 4.74 Å². The number of nitrogens with zero attached hydrogens (tertiary/aromatic N) is 1. The summed E-state index contributed by atoms with van der Waals surface area (Å²) < 4.78 is 6.15. The van der Waals surface area contributed by atoms with Gasteiger partial charge in [-0.1, -0.05) is 6.42 Å². The maximum Gasteiger partial charge on any atom is 0.142 e. The summed E-state index contributed by atoms with van der Waals surface area (Å²) in [5.41, 5.74) is 1.32. The van der Waals surface area contributed by atoms with Crippen molar-refractivity contribution >= 4 is 0 Å². The molecule has 0 aliphatic heterocycles. The van der Waals surface area contributed by atoms with Crippen molar-refractivity contribution in [3.8, 4) is 5.75 Å². The number of aromatic nitrogens is 1. The molecule has 0 saturated heterocycles. The monoisotopic (exact) mass is 262 g/mol. The molecule has 0 bridgehead atoms. The molecule has 19 heavy (non-hydrogen) atoms. The second kappa shape index (κ2) is 6.38. The summed E-state index contributed by atoms with van der Waals surface area (Å²) in [6.07, 6.45) is 10.4. The van der Waals surface area contributed by atoms with Crippen molar-refractivity contribution in [1.82, 2.24) is 10.3 Å². The van der Waals surface area contributed by atoms with Crippen molar-refractivity contribution in [3.63, 3.8) is 0 Å². The van der Waals surface area contributed by atoms with Gasteiger partial charge in [0, 0.05) is 23.8 Å². The Hall–Kier alpha value is -1.09. The van der Waals surface area contributed by atoms with Gasteiger partial charge in [0.25, 0.3) is 0 Å². The third kappa shape index (κ3) is 4.83. The van der Waals surface area contributed by atoms with E-state index in [1.54, 1.807) is 0 Å². The Morgan fingerprint density at radius 3 is 2.68 bits per heavy atom. The van der Waals surface area contributed by atoms with Crippen LogP contribution in [0, 0.1) is 0 Å². The normalized spacial score (nSPS) is 17.4. The summed E-state index contributed by atoms with van der Waals surface area (Å²) in [5.74, 6) is 0.950. The molecule has 1 N–H and O–H groups in total. The highest BCUT2D eigenvalue weighted by Crippen LogP contribution is 2.25. The van der Waals surface area contributed by atoms with Gasteiger partial charge in [-0.25, -0.2) is 0 Å². The summed E-state index contributed by atoms with van der Waals surface area (Å²) in [6, 6.07) is 2.05. The lowest BCUT2D eigenvalue weighted by atomic mass is 9.98. The van der Waals surface area contributed by atoms with E-state index in [4.69, 9.17) is 4.74 Å². The number of rotatable bonds is 4. The first kappa shape index (κ1) is 14.3. The second-order valence-electron chi connectivity index (χ2n) is 6.46. The Kier molecular flexibility index (Phi) is 4.81. The summed E-state index contributed by atoms with van der Waals surface area (Å²) in [5, 5.41) is 3.51. The standard InChI is InChI=1S/C16H26N2O/c1-16(2,3)18-11-13-9-10-17-12-15(13)19-14-7-5-4-6-8-14/h9-10,12,14,18H,4-8,11H2,1-3H3. The van der Waals surface area contributed by atoms with E-state index in [9.17, 15) is 0 Å². The summed E-state index contributed by atoms with van der Waals surface area (Å²) in [4.78, 5) is 4.20. The molecule has 0 amide bonds. The van der Waals surface area contributed by atoms with Crippen molar-refractivity contribution in [2.45, 2.75) is 71.1 Å². The van der Waals surface area contributed by atoms with E-state index < -0.39 is 0 Å². The van der Waals surface area contributed by atoms with Crippen LogP contribution in [0.1, 0.15) is 58.4 Å². The van der Waals surface area contributed by atoms with Crippen LogP contribution >= 0.6 is 0 Å². The quantitative estimate of drug-likeness (QED) is 0.898. The summed E-state index contributed by atoms with van der Waals surface area (Å²) in [6.45, 7) is 7.36. The number of ether oxygens (including phenoxy) is 1. The Morgan fingerprint density at radius 2 is 2.00 bits per heavy atom. The van der Waals surface area contributed by atoms with Gasteiger partial charge in [-0.15, -0.1) is 0 Å². The van der Waals surface area contributed by atoms with E-state index in [1.807, 2.05) is 12.4 Å². The van der Waals surface area contributed by atoms with Gasteiger partial charge in [0.2, 0.25) is 0 Å². The summed E-state index contributed by atoms with van der Waals surface area (Å²) in [7, 11) is 0. The van der Waals surface area contributed by atoms with E-state index in [2.05, 4.69) is 37.1 Å². The predicted molar refractivity (Wildman–Crippen MR) is 78.3 cm³/mol. The molecular weight excluding hydrogens is 236 g/mol. The number of pyridine rings is 1. The van der Waals surface area contributed by atoms with Gasteiger partial charge >= 0.3 is 0 Å². The van der Waals surface area contributed by atoms with Crippen LogP contribution < -0.4 is 10.1 Å². The van der Waals surface area contributed by atoms with Gasteiger partial charge in [-0.2, -0.15) is 0 Å². The highest BCUT2D eigenvalue weighted by Gasteiger charge is 2.17. The number of hydrogen-bond donors (Lipinski definition) is 1. The molecule has 1 fully saturated rings. The van der Waals surface area contributed by atoms with Crippen molar-refractivity contribution in [3.05, 3.63) is 24.0 Å². The van der Waals surface area contributed by atoms with Gasteiger partial charge in [0.15, 0.2) is 0 Å².